The molecule has 1 rings (SSSR count). The van der Waals surface area contributed by atoms with Gasteiger partial charge in [0.25, 0.3) is 0 Å². The van der Waals surface area contributed by atoms with Crippen molar-refractivity contribution in [2.75, 3.05) is 19.8 Å². The Hall–Kier alpha value is 0.230. The third kappa shape index (κ3) is 2.94. The van der Waals surface area contributed by atoms with E-state index in [0.29, 0.717) is 5.25 Å². The molecule has 0 aromatic rings. The van der Waals surface area contributed by atoms with E-state index in [9.17, 15) is 0 Å². The zero-order valence-electron chi connectivity index (χ0n) is 7.40. The van der Waals surface area contributed by atoms with Gasteiger partial charge in [-0.15, -0.1) is 11.8 Å². The van der Waals surface area contributed by atoms with E-state index in [4.69, 9.17) is 15.6 Å². The lowest BCUT2D eigenvalue weighted by atomic mass is 10.1. The fourth-order valence-electron chi connectivity index (χ4n) is 1.21. The third-order valence-electron chi connectivity index (χ3n) is 2.02. The highest BCUT2D eigenvalue weighted by Crippen LogP contribution is 2.23. The number of hydrogen-bond acceptors (Lipinski definition) is 4. The van der Waals surface area contributed by atoms with Crippen LogP contribution in [0.25, 0.3) is 0 Å². The van der Waals surface area contributed by atoms with Crippen LogP contribution in [0.5, 0.6) is 0 Å². The SMILES string of the molecule is CC(CO)SC1COCCC1N. The number of nitrogens with two attached hydrogens (primary N) is 1. The van der Waals surface area contributed by atoms with Crippen molar-refractivity contribution in [1.29, 1.82) is 0 Å². The quantitative estimate of drug-likeness (QED) is 0.670. The number of thioether (sulfide) groups is 1. The highest BCUT2D eigenvalue weighted by atomic mass is 32.2. The summed E-state index contributed by atoms with van der Waals surface area (Å²) in [5.41, 5.74) is 5.90. The largest absolute Gasteiger partial charge is 0.395 e. The highest BCUT2D eigenvalue weighted by Gasteiger charge is 2.24. The minimum Gasteiger partial charge on any atom is -0.395 e. The molecule has 1 fully saturated rings. The second-order valence-electron chi connectivity index (χ2n) is 3.20. The Kier molecular flexibility index (Phi) is 4.35. The van der Waals surface area contributed by atoms with Gasteiger partial charge in [-0.1, -0.05) is 6.92 Å². The molecular formula is C8H17NO2S. The summed E-state index contributed by atoms with van der Waals surface area (Å²) < 4.78 is 5.32. The molecule has 0 aromatic carbocycles. The van der Waals surface area contributed by atoms with Gasteiger partial charge in [0.2, 0.25) is 0 Å². The second kappa shape index (κ2) is 5.07. The van der Waals surface area contributed by atoms with E-state index in [1.165, 1.54) is 0 Å². The van der Waals surface area contributed by atoms with Gasteiger partial charge < -0.3 is 15.6 Å². The third-order valence-corrected chi connectivity index (χ3v) is 3.47. The van der Waals surface area contributed by atoms with Crippen molar-refractivity contribution >= 4 is 11.8 Å². The molecule has 1 saturated heterocycles. The Morgan fingerprint density at radius 2 is 2.50 bits per heavy atom. The highest BCUT2D eigenvalue weighted by molar-refractivity contribution is 8.00. The number of aliphatic hydroxyl groups is 1. The average molecular weight is 191 g/mol. The van der Waals surface area contributed by atoms with Crippen LogP contribution in [0.2, 0.25) is 0 Å². The first-order valence-corrected chi connectivity index (χ1v) is 5.28. The van der Waals surface area contributed by atoms with Gasteiger partial charge >= 0.3 is 0 Å². The molecule has 12 heavy (non-hydrogen) atoms. The van der Waals surface area contributed by atoms with Crippen molar-refractivity contribution < 1.29 is 9.84 Å². The van der Waals surface area contributed by atoms with Crippen molar-refractivity contribution in [3.63, 3.8) is 0 Å². The Morgan fingerprint density at radius 1 is 1.75 bits per heavy atom. The summed E-state index contributed by atoms with van der Waals surface area (Å²) in [5.74, 6) is 0. The van der Waals surface area contributed by atoms with Gasteiger partial charge in [-0.25, -0.2) is 0 Å². The second-order valence-corrected chi connectivity index (χ2v) is 4.88. The normalized spacial score (nSPS) is 33.2. The summed E-state index contributed by atoms with van der Waals surface area (Å²) in [6, 6.07) is 0.234. The predicted molar refractivity (Wildman–Crippen MR) is 51.3 cm³/mol. The maximum absolute atomic E-state index is 8.85. The van der Waals surface area contributed by atoms with Crippen LogP contribution in [-0.4, -0.2) is 41.5 Å². The van der Waals surface area contributed by atoms with Gasteiger partial charge in [0, 0.05) is 23.1 Å². The van der Waals surface area contributed by atoms with E-state index >= 15 is 0 Å². The van der Waals surface area contributed by atoms with Crippen LogP contribution in [0.1, 0.15) is 13.3 Å². The molecule has 0 bridgehead atoms. The summed E-state index contributed by atoms with van der Waals surface area (Å²) in [5, 5.41) is 9.48. The van der Waals surface area contributed by atoms with E-state index < -0.39 is 0 Å². The van der Waals surface area contributed by atoms with E-state index in [2.05, 4.69) is 0 Å². The van der Waals surface area contributed by atoms with Crippen molar-refractivity contribution in [2.45, 2.75) is 29.9 Å². The van der Waals surface area contributed by atoms with Crippen molar-refractivity contribution in [3.05, 3.63) is 0 Å². The first-order valence-electron chi connectivity index (χ1n) is 4.33. The summed E-state index contributed by atoms with van der Waals surface area (Å²) in [7, 11) is 0. The van der Waals surface area contributed by atoms with Gasteiger partial charge in [0.15, 0.2) is 0 Å². The Balaban J connectivity index is 2.28. The molecule has 72 valence electrons. The van der Waals surface area contributed by atoms with Crippen LogP contribution < -0.4 is 5.73 Å². The first-order chi connectivity index (χ1) is 5.74. The van der Waals surface area contributed by atoms with Crippen LogP contribution in [0, 0.1) is 0 Å². The molecule has 1 aliphatic rings. The molecule has 0 aromatic heterocycles. The zero-order chi connectivity index (χ0) is 8.97. The van der Waals surface area contributed by atoms with Gasteiger partial charge in [-0.2, -0.15) is 0 Å². The smallest absolute Gasteiger partial charge is 0.0600 e. The molecule has 1 heterocycles. The Labute approximate surface area is 77.7 Å². The Morgan fingerprint density at radius 3 is 3.08 bits per heavy atom. The summed E-state index contributed by atoms with van der Waals surface area (Å²) in [6.07, 6.45) is 0.940. The van der Waals surface area contributed by atoms with Gasteiger partial charge in [0.05, 0.1) is 13.2 Å². The zero-order valence-corrected chi connectivity index (χ0v) is 8.22. The van der Waals surface area contributed by atoms with E-state index in [1.807, 2.05) is 6.92 Å². The van der Waals surface area contributed by atoms with Gasteiger partial charge in [0.1, 0.15) is 0 Å². The molecule has 0 saturated carbocycles. The number of rotatable bonds is 3. The first kappa shape index (κ1) is 10.3. The topological polar surface area (TPSA) is 55.5 Å². The lowest BCUT2D eigenvalue weighted by Gasteiger charge is -2.29. The molecule has 3 unspecified atom stereocenters. The van der Waals surface area contributed by atoms with Crippen LogP contribution in [0.3, 0.4) is 0 Å². The van der Waals surface area contributed by atoms with Gasteiger partial charge in [-0.05, 0) is 6.42 Å². The van der Waals surface area contributed by atoms with Gasteiger partial charge in [-0.3, -0.25) is 0 Å². The molecule has 0 radical (unpaired) electrons. The summed E-state index contributed by atoms with van der Waals surface area (Å²) in [4.78, 5) is 0. The minimum atomic E-state index is 0.216. The molecule has 0 amide bonds. The molecule has 4 heteroatoms. The standard InChI is InChI=1S/C8H17NO2S/c1-6(4-10)12-8-5-11-3-2-7(8)9/h6-8,10H,2-5,9H2,1H3. The molecule has 3 nitrogen and oxygen atoms in total. The predicted octanol–water partition coefficient (Wildman–Crippen LogP) is 0.217. The molecule has 3 N–H and O–H groups in total. The van der Waals surface area contributed by atoms with Crippen molar-refractivity contribution in [2.24, 2.45) is 5.73 Å². The summed E-state index contributed by atoms with van der Waals surface area (Å²) in [6.45, 7) is 3.74. The molecular weight excluding hydrogens is 174 g/mol. The maximum atomic E-state index is 8.85. The van der Waals surface area contributed by atoms with E-state index in [-0.39, 0.29) is 17.9 Å². The average Bonchev–Trinajstić information content (AvgIpc) is 2.09. The number of hydrogen-bond donors (Lipinski definition) is 2. The Bertz CT molecular complexity index is 134. The minimum absolute atomic E-state index is 0.216. The lowest BCUT2D eigenvalue weighted by molar-refractivity contribution is 0.0913. The lowest BCUT2D eigenvalue weighted by Crippen LogP contribution is -2.41. The molecule has 3 atom stereocenters. The summed E-state index contributed by atoms with van der Waals surface area (Å²) >= 11 is 1.73. The van der Waals surface area contributed by atoms with Crippen LogP contribution in [0.4, 0.5) is 0 Å². The monoisotopic (exact) mass is 191 g/mol. The maximum Gasteiger partial charge on any atom is 0.0600 e. The van der Waals surface area contributed by atoms with Crippen LogP contribution in [-0.2, 0) is 4.74 Å². The van der Waals surface area contributed by atoms with Crippen LogP contribution >= 0.6 is 11.8 Å². The van der Waals surface area contributed by atoms with Crippen molar-refractivity contribution in [3.8, 4) is 0 Å². The molecule has 0 aliphatic carbocycles. The molecule has 1 aliphatic heterocycles. The van der Waals surface area contributed by atoms with E-state index in [0.717, 1.165) is 19.6 Å². The van der Waals surface area contributed by atoms with E-state index in [1.54, 1.807) is 11.8 Å². The fraction of sp³-hybridized carbons (Fsp3) is 1.00. The van der Waals surface area contributed by atoms with Crippen molar-refractivity contribution in [1.82, 2.24) is 0 Å². The number of ether oxygens (including phenoxy) is 1. The fourth-order valence-corrected chi connectivity index (χ4v) is 2.41. The van der Waals surface area contributed by atoms with Crippen LogP contribution in [0.15, 0.2) is 0 Å². The number of aliphatic hydroxyl groups excluding tert-OH is 1. The molecule has 0 spiro atoms.